The number of hydrogen-bond acceptors (Lipinski definition) is 5. The number of aromatic nitrogens is 2. The van der Waals surface area contributed by atoms with E-state index in [2.05, 4.69) is 16.0 Å². The minimum Gasteiger partial charge on any atom is -0.489 e. The van der Waals surface area contributed by atoms with Crippen LogP contribution in [0.4, 0.5) is 5.69 Å². The van der Waals surface area contributed by atoms with E-state index in [1.807, 2.05) is 38.1 Å². The smallest absolute Gasteiger partial charge is 0.276 e. The second-order valence-electron chi connectivity index (χ2n) is 7.45. The van der Waals surface area contributed by atoms with Crippen molar-refractivity contribution < 1.29 is 9.66 Å². The van der Waals surface area contributed by atoms with E-state index in [0.29, 0.717) is 22.7 Å². The van der Waals surface area contributed by atoms with Crippen molar-refractivity contribution in [3.63, 3.8) is 0 Å². The Morgan fingerprint density at radius 2 is 1.88 bits per heavy atom. The Balaban J connectivity index is 1.52. The summed E-state index contributed by atoms with van der Waals surface area (Å²) in [6, 6.07) is 19.9. The van der Waals surface area contributed by atoms with E-state index in [0.717, 1.165) is 27.7 Å². The van der Waals surface area contributed by atoms with Gasteiger partial charge in [-0.15, -0.1) is 0 Å². The molecule has 0 unspecified atom stereocenters. The van der Waals surface area contributed by atoms with Crippen molar-refractivity contribution in [3.8, 4) is 11.8 Å². The molecule has 0 bridgehead atoms. The Morgan fingerprint density at radius 3 is 2.59 bits per heavy atom. The van der Waals surface area contributed by atoms with Gasteiger partial charge in [-0.2, -0.15) is 5.26 Å². The number of nitrogens with one attached hydrogen (secondary N) is 1. The second-order valence-corrected chi connectivity index (χ2v) is 7.45. The molecule has 3 aromatic carbocycles. The number of aryl methyl sites for hydroxylation is 2. The fourth-order valence-corrected chi connectivity index (χ4v) is 3.35. The Kier molecular flexibility index (Phi) is 5.69. The molecule has 1 aromatic heterocycles. The third kappa shape index (κ3) is 4.35. The number of nitriles is 1. The zero-order chi connectivity index (χ0) is 22.7. The highest BCUT2D eigenvalue weighted by molar-refractivity contribution is 5.90. The number of rotatable bonds is 6. The number of imidazole rings is 1. The van der Waals surface area contributed by atoms with Crippen LogP contribution in [0.1, 0.15) is 28.1 Å². The molecule has 0 radical (unpaired) electrons. The largest absolute Gasteiger partial charge is 0.489 e. The summed E-state index contributed by atoms with van der Waals surface area (Å²) < 4.78 is 5.71. The van der Waals surface area contributed by atoms with Crippen LogP contribution >= 0.6 is 0 Å². The van der Waals surface area contributed by atoms with E-state index >= 15 is 0 Å². The maximum atomic E-state index is 11.1. The van der Waals surface area contributed by atoms with Crippen LogP contribution < -0.4 is 4.74 Å². The van der Waals surface area contributed by atoms with Crippen LogP contribution in [0.3, 0.4) is 0 Å². The predicted molar refractivity (Wildman–Crippen MR) is 123 cm³/mol. The molecule has 0 fully saturated rings. The van der Waals surface area contributed by atoms with E-state index in [4.69, 9.17) is 4.74 Å². The highest BCUT2D eigenvalue weighted by Crippen LogP contribution is 2.24. The number of nitrogens with zero attached hydrogens (tertiary/aromatic N) is 3. The second kappa shape index (κ2) is 8.74. The highest BCUT2D eigenvalue weighted by atomic mass is 16.6. The third-order valence-corrected chi connectivity index (χ3v) is 5.25. The average Bonchev–Trinajstić information content (AvgIpc) is 3.19. The van der Waals surface area contributed by atoms with Crippen LogP contribution in [-0.2, 0) is 6.61 Å². The summed E-state index contributed by atoms with van der Waals surface area (Å²) in [6.45, 7) is 4.16. The number of hydrogen-bond donors (Lipinski definition) is 1. The number of para-hydroxylation sites is 1. The van der Waals surface area contributed by atoms with Gasteiger partial charge in [0.15, 0.2) is 0 Å². The van der Waals surface area contributed by atoms with Gasteiger partial charge in [-0.3, -0.25) is 10.1 Å². The SMILES string of the molecule is Cc1cc2nc(/C(C#N)=C/c3ccc(OCc4ccccc4[N+](=O)[O-])cc3)[nH]c2cc1C. The molecule has 32 heavy (non-hydrogen) atoms. The van der Waals surface area contributed by atoms with Crippen LogP contribution in [0, 0.1) is 35.3 Å². The van der Waals surface area contributed by atoms with E-state index in [1.54, 1.807) is 36.4 Å². The molecule has 1 heterocycles. The number of aromatic amines is 1. The summed E-state index contributed by atoms with van der Waals surface area (Å²) in [5, 5.41) is 20.8. The zero-order valence-electron chi connectivity index (χ0n) is 17.6. The maximum absolute atomic E-state index is 11.1. The minimum absolute atomic E-state index is 0.0296. The summed E-state index contributed by atoms with van der Waals surface area (Å²) in [5.41, 5.74) is 5.79. The summed E-state index contributed by atoms with van der Waals surface area (Å²) in [7, 11) is 0. The van der Waals surface area contributed by atoms with E-state index in [-0.39, 0.29) is 12.3 Å². The van der Waals surface area contributed by atoms with Crippen molar-refractivity contribution in [2.45, 2.75) is 20.5 Å². The van der Waals surface area contributed by atoms with Gasteiger partial charge in [0.25, 0.3) is 5.69 Å². The molecule has 4 aromatic rings. The number of nitro benzene ring substituents is 1. The first kappa shape index (κ1) is 20.8. The average molecular weight is 424 g/mol. The van der Waals surface area contributed by atoms with Crippen molar-refractivity contribution in [3.05, 3.63) is 98.9 Å². The molecule has 7 heteroatoms. The van der Waals surface area contributed by atoms with Gasteiger partial charge in [0.05, 0.1) is 27.1 Å². The van der Waals surface area contributed by atoms with Gasteiger partial charge in [0.1, 0.15) is 24.3 Å². The summed E-state index contributed by atoms with van der Waals surface area (Å²) in [4.78, 5) is 18.5. The van der Waals surface area contributed by atoms with Gasteiger partial charge in [0.2, 0.25) is 0 Å². The van der Waals surface area contributed by atoms with E-state index in [1.165, 1.54) is 6.07 Å². The Labute approximate surface area is 184 Å². The fraction of sp³-hybridized carbons (Fsp3) is 0.120. The molecule has 0 aliphatic rings. The molecule has 0 spiro atoms. The van der Waals surface area contributed by atoms with Gasteiger partial charge in [-0.25, -0.2) is 4.98 Å². The third-order valence-electron chi connectivity index (χ3n) is 5.25. The molecule has 0 amide bonds. The summed E-state index contributed by atoms with van der Waals surface area (Å²) in [5.74, 6) is 1.10. The van der Waals surface area contributed by atoms with E-state index < -0.39 is 4.92 Å². The van der Waals surface area contributed by atoms with E-state index in [9.17, 15) is 15.4 Å². The van der Waals surface area contributed by atoms with Crippen molar-refractivity contribution in [1.29, 1.82) is 5.26 Å². The van der Waals surface area contributed by atoms with Crippen LogP contribution in [-0.4, -0.2) is 14.9 Å². The van der Waals surface area contributed by atoms with Gasteiger partial charge < -0.3 is 9.72 Å². The van der Waals surface area contributed by atoms with Crippen molar-refractivity contribution in [2.24, 2.45) is 0 Å². The minimum atomic E-state index is -0.420. The Hall–Kier alpha value is -4.44. The topological polar surface area (TPSA) is 105 Å². The molecule has 4 rings (SSSR count). The molecule has 0 aliphatic carbocycles. The van der Waals surface area contributed by atoms with Crippen LogP contribution in [0.2, 0.25) is 0 Å². The predicted octanol–water partition coefficient (Wildman–Crippen LogP) is 5.73. The maximum Gasteiger partial charge on any atom is 0.276 e. The Bertz CT molecular complexity index is 1340. The first-order valence-corrected chi connectivity index (χ1v) is 9.99. The molecule has 158 valence electrons. The molecular weight excluding hydrogens is 404 g/mol. The first-order chi connectivity index (χ1) is 15.4. The van der Waals surface area contributed by atoms with Crippen molar-refractivity contribution in [2.75, 3.05) is 0 Å². The highest BCUT2D eigenvalue weighted by Gasteiger charge is 2.13. The summed E-state index contributed by atoms with van der Waals surface area (Å²) in [6.07, 6.45) is 1.75. The van der Waals surface area contributed by atoms with Crippen molar-refractivity contribution >= 4 is 28.4 Å². The van der Waals surface area contributed by atoms with Gasteiger partial charge in [-0.1, -0.05) is 24.3 Å². The van der Waals surface area contributed by atoms with Gasteiger partial charge in [0, 0.05) is 6.07 Å². The molecule has 0 saturated heterocycles. The molecule has 1 N–H and O–H groups in total. The zero-order valence-corrected chi connectivity index (χ0v) is 17.6. The fourth-order valence-electron chi connectivity index (χ4n) is 3.35. The molecule has 0 saturated carbocycles. The number of H-pyrrole nitrogens is 1. The van der Waals surface area contributed by atoms with Crippen molar-refractivity contribution in [1.82, 2.24) is 9.97 Å². The molecule has 7 nitrogen and oxygen atoms in total. The molecular formula is C25H20N4O3. The standard InChI is InChI=1S/C25H20N4O3/c1-16-11-22-23(12-17(16)2)28-25(27-22)20(14-26)13-18-7-9-21(10-8-18)32-15-19-5-3-4-6-24(19)29(30)31/h3-13H,15H2,1-2H3,(H,27,28)/b20-13+. The quantitative estimate of drug-likeness (QED) is 0.242. The van der Waals surface area contributed by atoms with Crippen LogP contribution in [0.25, 0.3) is 22.7 Å². The van der Waals surface area contributed by atoms with Crippen LogP contribution in [0.5, 0.6) is 5.75 Å². The lowest BCUT2D eigenvalue weighted by Crippen LogP contribution is -2.00. The number of ether oxygens (including phenoxy) is 1. The lowest BCUT2D eigenvalue weighted by Gasteiger charge is -2.07. The first-order valence-electron chi connectivity index (χ1n) is 9.99. The molecule has 0 aliphatic heterocycles. The molecule has 0 atom stereocenters. The number of nitro groups is 1. The summed E-state index contributed by atoms with van der Waals surface area (Å²) >= 11 is 0. The lowest BCUT2D eigenvalue weighted by atomic mass is 10.1. The van der Waals surface area contributed by atoms with Gasteiger partial charge in [-0.05, 0) is 66.9 Å². The number of allylic oxidation sites excluding steroid dienone is 1. The monoisotopic (exact) mass is 424 g/mol. The lowest BCUT2D eigenvalue weighted by molar-refractivity contribution is -0.385. The van der Waals surface area contributed by atoms with Gasteiger partial charge >= 0.3 is 0 Å². The Morgan fingerprint density at radius 1 is 1.16 bits per heavy atom. The number of benzene rings is 3. The number of fused-ring (bicyclic) bond motifs is 1. The van der Waals surface area contributed by atoms with Crippen LogP contribution in [0.15, 0.2) is 60.7 Å². The normalized spacial score (nSPS) is 11.3.